The molecule has 2 aliphatic rings. The van der Waals surface area contributed by atoms with E-state index < -0.39 is 0 Å². The molecule has 1 saturated heterocycles. The maximum Gasteiger partial charge on any atom is 0.0726 e. The maximum absolute atomic E-state index is 5.73. The van der Waals surface area contributed by atoms with E-state index in [0.29, 0.717) is 24.2 Å². The van der Waals surface area contributed by atoms with Gasteiger partial charge in [0.05, 0.1) is 6.10 Å². The first kappa shape index (κ1) is 14.1. The predicted molar refractivity (Wildman–Crippen MR) is 81.8 cm³/mol. The van der Waals surface area contributed by atoms with Crippen LogP contribution in [0, 0.1) is 0 Å². The molecular formula is C17H26N2O. The molecular weight excluding hydrogens is 248 g/mol. The van der Waals surface area contributed by atoms with Crippen LogP contribution in [0.4, 0.5) is 0 Å². The van der Waals surface area contributed by atoms with Crippen molar-refractivity contribution in [2.24, 2.45) is 0 Å². The molecule has 3 heteroatoms. The second kappa shape index (κ2) is 6.25. The van der Waals surface area contributed by atoms with Crippen LogP contribution in [-0.2, 0) is 4.74 Å². The van der Waals surface area contributed by atoms with E-state index >= 15 is 0 Å². The number of ether oxygens (including phenoxy) is 1. The van der Waals surface area contributed by atoms with Gasteiger partial charge in [0.1, 0.15) is 0 Å². The molecule has 20 heavy (non-hydrogen) atoms. The van der Waals surface area contributed by atoms with Gasteiger partial charge in [-0.1, -0.05) is 30.3 Å². The highest BCUT2D eigenvalue weighted by Gasteiger charge is 2.38. The highest BCUT2D eigenvalue weighted by atomic mass is 16.5. The van der Waals surface area contributed by atoms with Crippen molar-refractivity contribution in [2.45, 2.75) is 50.4 Å². The van der Waals surface area contributed by atoms with E-state index in [2.05, 4.69) is 47.5 Å². The third-order valence-corrected chi connectivity index (χ3v) is 4.88. The summed E-state index contributed by atoms with van der Waals surface area (Å²) in [5.74, 6) is 0. The third-order valence-electron chi connectivity index (χ3n) is 4.88. The minimum absolute atomic E-state index is 0.409. The predicted octanol–water partition coefficient (Wildman–Crippen LogP) is 2.59. The molecule has 110 valence electrons. The third kappa shape index (κ3) is 2.76. The summed E-state index contributed by atoms with van der Waals surface area (Å²) in [5.41, 5.74) is 1.42. The Morgan fingerprint density at radius 2 is 2.00 bits per heavy atom. The topological polar surface area (TPSA) is 24.5 Å². The molecule has 1 aliphatic heterocycles. The zero-order valence-electron chi connectivity index (χ0n) is 12.6. The summed E-state index contributed by atoms with van der Waals surface area (Å²) in [5, 5.41) is 3.63. The number of hydrogen-bond donors (Lipinski definition) is 1. The molecule has 1 N–H and O–H groups in total. The number of nitrogens with one attached hydrogen (secondary N) is 1. The average Bonchev–Trinajstić information content (AvgIpc) is 2.96. The van der Waals surface area contributed by atoms with Crippen LogP contribution in [0.5, 0.6) is 0 Å². The van der Waals surface area contributed by atoms with Crippen molar-refractivity contribution < 1.29 is 4.74 Å². The first-order valence-corrected chi connectivity index (χ1v) is 7.86. The minimum atomic E-state index is 0.409. The summed E-state index contributed by atoms with van der Waals surface area (Å²) < 4.78 is 5.73. The zero-order chi connectivity index (χ0) is 13.9. The molecule has 3 nitrogen and oxygen atoms in total. The molecule has 0 aromatic heterocycles. The van der Waals surface area contributed by atoms with Crippen molar-refractivity contribution in [1.29, 1.82) is 0 Å². The smallest absolute Gasteiger partial charge is 0.0726 e. The molecule has 0 radical (unpaired) electrons. The zero-order valence-corrected chi connectivity index (χ0v) is 12.6. The van der Waals surface area contributed by atoms with Crippen molar-refractivity contribution in [1.82, 2.24) is 10.2 Å². The lowest BCUT2D eigenvalue weighted by atomic mass is 9.98. The molecule has 0 amide bonds. The lowest BCUT2D eigenvalue weighted by Gasteiger charge is -2.44. The van der Waals surface area contributed by atoms with E-state index in [1.807, 2.05) is 7.11 Å². The van der Waals surface area contributed by atoms with Gasteiger partial charge in [-0.2, -0.15) is 0 Å². The van der Waals surface area contributed by atoms with Gasteiger partial charge in [0, 0.05) is 38.3 Å². The van der Waals surface area contributed by atoms with E-state index in [4.69, 9.17) is 4.74 Å². The average molecular weight is 274 g/mol. The summed E-state index contributed by atoms with van der Waals surface area (Å²) in [6, 6.07) is 12.5. The van der Waals surface area contributed by atoms with Crippen molar-refractivity contribution in [2.75, 3.05) is 20.2 Å². The second-order valence-electron chi connectivity index (χ2n) is 6.20. The molecule has 0 spiro atoms. The van der Waals surface area contributed by atoms with Crippen LogP contribution < -0.4 is 5.32 Å². The van der Waals surface area contributed by atoms with Gasteiger partial charge < -0.3 is 10.1 Å². The molecule has 1 aromatic carbocycles. The van der Waals surface area contributed by atoms with Crippen molar-refractivity contribution >= 4 is 0 Å². The van der Waals surface area contributed by atoms with Gasteiger partial charge in [0.25, 0.3) is 0 Å². The second-order valence-corrected chi connectivity index (χ2v) is 6.20. The molecule has 1 aromatic rings. The quantitative estimate of drug-likeness (QED) is 0.917. The number of benzene rings is 1. The van der Waals surface area contributed by atoms with Crippen LogP contribution in [-0.4, -0.2) is 43.3 Å². The van der Waals surface area contributed by atoms with Crippen LogP contribution in [0.25, 0.3) is 0 Å². The number of rotatable bonds is 3. The molecule has 1 saturated carbocycles. The number of methoxy groups -OCH3 is 1. The monoisotopic (exact) mass is 274 g/mol. The highest BCUT2D eigenvalue weighted by Crippen LogP contribution is 2.34. The fraction of sp³-hybridized carbons (Fsp3) is 0.647. The number of nitrogens with zero attached hydrogens (tertiary/aromatic N) is 1. The summed E-state index contributed by atoms with van der Waals surface area (Å²) in [4.78, 5) is 2.69. The Kier molecular flexibility index (Phi) is 4.39. The molecule has 4 atom stereocenters. The molecule has 2 fully saturated rings. The van der Waals surface area contributed by atoms with Gasteiger partial charge in [-0.3, -0.25) is 4.90 Å². The lowest BCUT2D eigenvalue weighted by molar-refractivity contribution is -0.00274. The van der Waals surface area contributed by atoms with Gasteiger partial charge in [-0.25, -0.2) is 0 Å². The molecule has 4 unspecified atom stereocenters. The van der Waals surface area contributed by atoms with E-state index in [1.54, 1.807) is 0 Å². The van der Waals surface area contributed by atoms with E-state index in [-0.39, 0.29) is 0 Å². The first-order chi connectivity index (χ1) is 9.79. The molecule has 3 rings (SSSR count). The summed E-state index contributed by atoms with van der Waals surface area (Å²) >= 11 is 0. The Morgan fingerprint density at radius 1 is 1.20 bits per heavy atom. The van der Waals surface area contributed by atoms with E-state index in [1.165, 1.54) is 24.8 Å². The van der Waals surface area contributed by atoms with E-state index in [9.17, 15) is 0 Å². The highest BCUT2D eigenvalue weighted by molar-refractivity contribution is 5.21. The Bertz CT molecular complexity index is 422. The SMILES string of the molecule is COC1CCCC1N1CC(C)NCC1c1ccccc1. The van der Waals surface area contributed by atoms with Gasteiger partial charge in [0.2, 0.25) is 0 Å². The van der Waals surface area contributed by atoms with Crippen LogP contribution >= 0.6 is 0 Å². The maximum atomic E-state index is 5.73. The van der Waals surface area contributed by atoms with Gasteiger partial charge in [0.15, 0.2) is 0 Å². The van der Waals surface area contributed by atoms with Crippen molar-refractivity contribution in [3.63, 3.8) is 0 Å². The Labute approximate surface area is 122 Å². The Morgan fingerprint density at radius 3 is 2.75 bits per heavy atom. The normalized spacial score (nSPS) is 35.3. The van der Waals surface area contributed by atoms with Crippen molar-refractivity contribution in [3.05, 3.63) is 35.9 Å². The van der Waals surface area contributed by atoms with E-state index in [0.717, 1.165) is 13.1 Å². The molecule has 1 heterocycles. The summed E-state index contributed by atoms with van der Waals surface area (Å²) in [6.07, 6.45) is 4.19. The first-order valence-electron chi connectivity index (χ1n) is 7.86. The lowest BCUT2D eigenvalue weighted by Crippen LogP contribution is -2.56. The Balaban J connectivity index is 1.83. The molecule has 0 bridgehead atoms. The molecule has 1 aliphatic carbocycles. The largest absolute Gasteiger partial charge is 0.380 e. The van der Waals surface area contributed by atoms with Crippen LogP contribution in [0.2, 0.25) is 0 Å². The fourth-order valence-electron chi connectivity index (χ4n) is 3.85. The summed E-state index contributed by atoms with van der Waals surface area (Å²) in [6.45, 7) is 4.44. The van der Waals surface area contributed by atoms with Gasteiger partial charge in [-0.15, -0.1) is 0 Å². The fourth-order valence-corrected chi connectivity index (χ4v) is 3.85. The van der Waals surface area contributed by atoms with Crippen LogP contribution in [0.1, 0.15) is 37.8 Å². The van der Waals surface area contributed by atoms with Crippen LogP contribution in [0.3, 0.4) is 0 Å². The number of hydrogen-bond acceptors (Lipinski definition) is 3. The van der Waals surface area contributed by atoms with Gasteiger partial charge >= 0.3 is 0 Å². The van der Waals surface area contributed by atoms with Crippen LogP contribution in [0.15, 0.2) is 30.3 Å². The van der Waals surface area contributed by atoms with Gasteiger partial charge in [-0.05, 0) is 31.7 Å². The van der Waals surface area contributed by atoms with Crippen molar-refractivity contribution in [3.8, 4) is 0 Å². The number of piperazine rings is 1. The minimum Gasteiger partial charge on any atom is -0.380 e. The Hall–Kier alpha value is -0.900. The standard InChI is InChI=1S/C17H26N2O/c1-13-12-19(15-9-6-10-17(15)20-2)16(11-18-13)14-7-4-3-5-8-14/h3-5,7-8,13,15-18H,6,9-12H2,1-2H3. The summed E-state index contributed by atoms with van der Waals surface area (Å²) in [7, 11) is 1.87.